The van der Waals surface area contributed by atoms with Crippen molar-refractivity contribution in [2.75, 3.05) is 23.9 Å². The molecule has 7 rings (SSSR count). The summed E-state index contributed by atoms with van der Waals surface area (Å²) in [6, 6.07) is 27.5. The lowest BCUT2D eigenvalue weighted by Crippen LogP contribution is -2.32. The maximum absolute atomic E-state index is 13.9. The Labute approximate surface area is 259 Å². The number of aromatic nitrogens is 1. The van der Waals surface area contributed by atoms with E-state index in [1.807, 2.05) is 54.6 Å². The number of amides is 3. The molecule has 1 fully saturated rings. The second kappa shape index (κ2) is 11.3. The van der Waals surface area contributed by atoms with E-state index in [0.717, 1.165) is 32.5 Å². The van der Waals surface area contributed by atoms with Gasteiger partial charge in [-0.05, 0) is 64.9 Å². The molecule has 5 aromatic rings. The second-order valence-corrected chi connectivity index (χ2v) is 12.6. The molecule has 0 radical (unpaired) electrons. The zero-order valence-corrected chi connectivity index (χ0v) is 24.9. The fourth-order valence-corrected chi connectivity index (χ4v) is 8.26. The minimum absolute atomic E-state index is 0.190. The number of imide groups is 1. The Bertz CT molecular complexity index is 1970. The third-order valence-electron chi connectivity index (χ3n) is 7.80. The summed E-state index contributed by atoms with van der Waals surface area (Å²) in [5, 5.41) is 4.88. The van der Waals surface area contributed by atoms with Crippen LogP contribution in [-0.4, -0.2) is 41.7 Å². The number of anilines is 2. The van der Waals surface area contributed by atoms with Crippen LogP contribution in [0.2, 0.25) is 0 Å². The summed E-state index contributed by atoms with van der Waals surface area (Å²) >= 11 is 2.28. The van der Waals surface area contributed by atoms with Crippen LogP contribution in [0, 0.1) is 5.92 Å². The van der Waals surface area contributed by atoms with Crippen LogP contribution in [0.3, 0.4) is 0 Å². The molecular weight excluding hydrogens is 599 g/mol. The Kier molecular flexibility index (Phi) is 7.19. The van der Waals surface area contributed by atoms with Gasteiger partial charge in [-0.25, -0.2) is 4.90 Å². The normalized spacial score (nSPS) is 19.0. The van der Waals surface area contributed by atoms with Gasteiger partial charge in [0.05, 0.1) is 23.7 Å². The highest BCUT2D eigenvalue weighted by Crippen LogP contribution is 2.53. The number of benzene rings is 4. The van der Waals surface area contributed by atoms with E-state index in [9.17, 15) is 19.2 Å². The lowest BCUT2D eigenvalue weighted by atomic mass is 9.83. The van der Waals surface area contributed by atoms with Crippen molar-refractivity contribution in [1.82, 2.24) is 4.98 Å². The van der Waals surface area contributed by atoms with Crippen molar-refractivity contribution in [2.24, 2.45) is 5.92 Å². The molecule has 11 heteroatoms. The van der Waals surface area contributed by atoms with Crippen molar-refractivity contribution >= 4 is 63.0 Å². The van der Waals surface area contributed by atoms with E-state index in [1.54, 1.807) is 43.5 Å². The fraction of sp³-hybridized carbons (Fsp3) is 0.152. The Hall–Kier alpha value is -4.87. The van der Waals surface area contributed by atoms with Crippen molar-refractivity contribution in [3.8, 4) is 11.5 Å². The Morgan fingerprint density at radius 2 is 1.61 bits per heavy atom. The predicted octanol–water partition coefficient (Wildman–Crippen LogP) is 5.41. The third kappa shape index (κ3) is 5.03. The number of hydrogen-bond acceptors (Lipinski definition) is 8. The maximum Gasteiger partial charge on any atom is 0.305 e. The minimum atomic E-state index is -0.701. The first-order chi connectivity index (χ1) is 21.4. The number of carbonyl (C=O) groups is 3. The molecule has 0 aliphatic carbocycles. The van der Waals surface area contributed by atoms with Crippen LogP contribution in [0.4, 0.5) is 11.4 Å². The molecule has 0 saturated carbocycles. The number of aromatic amines is 1. The van der Waals surface area contributed by atoms with E-state index in [4.69, 9.17) is 9.47 Å². The van der Waals surface area contributed by atoms with Gasteiger partial charge in [0.15, 0.2) is 6.61 Å². The Morgan fingerprint density at radius 3 is 2.36 bits per heavy atom. The summed E-state index contributed by atoms with van der Waals surface area (Å²) in [6.45, 7) is -0.190. The summed E-state index contributed by atoms with van der Waals surface area (Å²) in [4.78, 5) is 57.0. The van der Waals surface area contributed by atoms with Crippen LogP contribution < -0.4 is 24.6 Å². The number of methoxy groups -OCH3 is 1. The van der Waals surface area contributed by atoms with Gasteiger partial charge in [-0.1, -0.05) is 65.6 Å². The lowest BCUT2D eigenvalue weighted by Gasteiger charge is -2.29. The molecule has 2 aliphatic rings. The van der Waals surface area contributed by atoms with Gasteiger partial charge >= 0.3 is 4.87 Å². The first-order valence-corrected chi connectivity index (χ1v) is 15.5. The van der Waals surface area contributed by atoms with Crippen molar-refractivity contribution in [3.63, 3.8) is 0 Å². The molecule has 2 N–H and O–H groups in total. The van der Waals surface area contributed by atoms with E-state index in [2.05, 4.69) is 10.3 Å². The van der Waals surface area contributed by atoms with Crippen LogP contribution in [-0.2, 0) is 14.4 Å². The molecule has 3 atom stereocenters. The van der Waals surface area contributed by atoms with Crippen LogP contribution >= 0.6 is 23.1 Å². The van der Waals surface area contributed by atoms with Crippen LogP contribution in [0.25, 0.3) is 10.8 Å². The van der Waals surface area contributed by atoms with Gasteiger partial charge in [-0.15, -0.1) is 0 Å². The predicted molar refractivity (Wildman–Crippen MR) is 170 cm³/mol. The van der Waals surface area contributed by atoms with Crippen molar-refractivity contribution in [3.05, 3.63) is 111 Å². The average molecular weight is 624 g/mol. The van der Waals surface area contributed by atoms with Gasteiger partial charge in [0, 0.05) is 16.5 Å². The van der Waals surface area contributed by atoms with E-state index in [1.165, 1.54) is 16.7 Å². The van der Waals surface area contributed by atoms with Gasteiger partial charge in [-0.2, -0.15) is 0 Å². The van der Waals surface area contributed by atoms with Crippen molar-refractivity contribution < 1.29 is 23.9 Å². The summed E-state index contributed by atoms with van der Waals surface area (Å²) in [5.74, 6) is -1.06. The largest absolute Gasteiger partial charge is 0.497 e. The SMILES string of the molecule is COc1ccc(N2C(=O)C3Sc4[nH]c(=O)sc4C(c4ccc(OCC(=O)Nc5ccc6ccccc6c5)cc4)C3C2=O)cc1. The van der Waals surface area contributed by atoms with Crippen molar-refractivity contribution in [2.45, 2.75) is 16.2 Å². The molecule has 4 aromatic carbocycles. The highest BCUT2D eigenvalue weighted by Gasteiger charge is 2.56. The molecule has 1 saturated heterocycles. The second-order valence-electron chi connectivity index (χ2n) is 10.4. The molecular formula is C33H25N3O6S2. The molecule has 2 aliphatic heterocycles. The third-order valence-corrected chi connectivity index (χ3v) is 10.2. The van der Waals surface area contributed by atoms with Gasteiger partial charge in [0.1, 0.15) is 16.7 Å². The standard InChI is InChI=1S/C33H25N3O6S2/c1-41-23-14-10-22(11-15-23)36-31(38)27-26(28-30(35-33(40)44-28)43-29(27)32(36)39)19-7-12-24(13-8-19)42-17-25(37)34-21-9-6-18-4-2-3-5-20(18)16-21/h2-16,26-27,29H,17H2,1H3,(H,34,37)(H,35,40). The summed E-state index contributed by atoms with van der Waals surface area (Å²) < 4.78 is 11.0. The molecule has 0 spiro atoms. The molecule has 9 nitrogen and oxygen atoms in total. The highest BCUT2D eigenvalue weighted by molar-refractivity contribution is 8.00. The monoisotopic (exact) mass is 623 g/mol. The van der Waals surface area contributed by atoms with Gasteiger partial charge in [0.2, 0.25) is 11.8 Å². The molecule has 3 unspecified atom stereocenters. The number of carbonyl (C=O) groups excluding carboxylic acids is 3. The van der Waals surface area contributed by atoms with Crippen molar-refractivity contribution in [1.29, 1.82) is 0 Å². The van der Waals surface area contributed by atoms with Gasteiger partial charge < -0.3 is 19.8 Å². The topological polar surface area (TPSA) is 118 Å². The zero-order chi connectivity index (χ0) is 30.4. The van der Waals surface area contributed by atoms with E-state index >= 15 is 0 Å². The minimum Gasteiger partial charge on any atom is -0.497 e. The number of ether oxygens (including phenoxy) is 2. The number of rotatable bonds is 7. The first kappa shape index (κ1) is 27.9. The maximum atomic E-state index is 13.9. The number of nitrogens with zero attached hydrogens (tertiary/aromatic N) is 1. The lowest BCUT2D eigenvalue weighted by molar-refractivity contribution is -0.122. The Morgan fingerprint density at radius 1 is 0.886 bits per heavy atom. The van der Waals surface area contributed by atoms with Crippen LogP contribution in [0.1, 0.15) is 16.4 Å². The average Bonchev–Trinajstić information content (AvgIpc) is 3.54. The first-order valence-electron chi connectivity index (χ1n) is 13.8. The van der Waals surface area contributed by atoms with Gasteiger partial charge in [0.25, 0.3) is 5.91 Å². The summed E-state index contributed by atoms with van der Waals surface area (Å²) in [6.07, 6.45) is 0. The smallest absolute Gasteiger partial charge is 0.305 e. The summed E-state index contributed by atoms with van der Waals surface area (Å²) in [5.41, 5.74) is 1.91. The molecule has 1 aromatic heterocycles. The van der Waals surface area contributed by atoms with Crippen LogP contribution in [0.15, 0.2) is 101 Å². The number of fused-ring (bicyclic) bond motifs is 3. The van der Waals surface area contributed by atoms with E-state index in [-0.39, 0.29) is 29.2 Å². The van der Waals surface area contributed by atoms with E-state index < -0.39 is 17.1 Å². The molecule has 44 heavy (non-hydrogen) atoms. The number of H-pyrrole nitrogens is 1. The highest BCUT2D eigenvalue weighted by atomic mass is 32.2. The van der Waals surface area contributed by atoms with Crippen LogP contribution in [0.5, 0.6) is 11.5 Å². The number of thiazole rings is 1. The van der Waals surface area contributed by atoms with E-state index in [0.29, 0.717) is 27.9 Å². The summed E-state index contributed by atoms with van der Waals surface area (Å²) in [7, 11) is 1.55. The zero-order valence-electron chi connectivity index (χ0n) is 23.3. The molecule has 220 valence electrons. The molecule has 3 heterocycles. The fourth-order valence-electron chi connectivity index (χ4n) is 5.75. The molecule has 3 amide bonds. The molecule has 0 bridgehead atoms. The number of hydrogen-bond donors (Lipinski definition) is 2. The Balaban J connectivity index is 1.10. The number of thioether (sulfide) groups is 1. The number of nitrogens with one attached hydrogen (secondary N) is 2. The van der Waals surface area contributed by atoms with Gasteiger partial charge in [-0.3, -0.25) is 19.2 Å². The quantitative estimate of drug-likeness (QED) is 0.233.